The maximum atomic E-state index is 9.11. The Morgan fingerprint density at radius 1 is 1.30 bits per heavy atom. The van der Waals surface area contributed by atoms with Crippen LogP contribution in [0.3, 0.4) is 0 Å². The fourth-order valence-electron chi connectivity index (χ4n) is 1.51. The highest BCUT2D eigenvalue weighted by molar-refractivity contribution is 9.10. The molecular weight excluding hydrogens is 340 g/mol. The number of halogens is 1. The Morgan fingerprint density at radius 3 is 2.70 bits per heavy atom. The second kappa shape index (κ2) is 6.56. The van der Waals surface area contributed by atoms with Crippen LogP contribution in [0, 0.1) is 11.3 Å². The van der Waals surface area contributed by atoms with E-state index < -0.39 is 0 Å². The van der Waals surface area contributed by atoms with Crippen molar-refractivity contribution in [1.82, 2.24) is 9.97 Å². The minimum absolute atomic E-state index is 0.500. The standard InChI is InChI=1S/C12H11BrN6S/c1-20-12-17-10(5-11(18-12)19-15)16-9-4-8(13)3-2-7(9)6-14/h2-5H,15H2,1H3,(H2,16,17,18,19). The van der Waals surface area contributed by atoms with E-state index in [0.29, 0.717) is 28.0 Å². The third-order valence-electron chi connectivity index (χ3n) is 2.40. The molecule has 102 valence electrons. The van der Waals surface area contributed by atoms with Crippen molar-refractivity contribution in [3.05, 3.63) is 34.3 Å². The molecule has 0 saturated carbocycles. The van der Waals surface area contributed by atoms with Crippen molar-refractivity contribution < 1.29 is 0 Å². The quantitative estimate of drug-likeness (QED) is 0.337. The van der Waals surface area contributed by atoms with Gasteiger partial charge in [-0.2, -0.15) is 5.26 Å². The lowest BCUT2D eigenvalue weighted by Gasteiger charge is -2.10. The number of anilines is 3. The van der Waals surface area contributed by atoms with E-state index in [-0.39, 0.29) is 0 Å². The van der Waals surface area contributed by atoms with E-state index in [9.17, 15) is 0 Å². The number of nitrogens with one attached hydrogen (secondary N) is 2. The second-order valence-corrected chi connectivity index (χ2v) is 5.39. The first-order valence-corrected chi connectivity index (χ1v) is 7.54. The fraction of sp³-hybridized carbons (Fsp3) is 0.0833. The normalized spacial score (nSPS) is 9.90. The number of hydrogen-bond donors (Lipinski definition) is 3. The van der Waals surface area contributed by atoms with Crippen LogP contribution in [0.1, 0.15) is 5.56 Å². The van der Waals surface area contributed by atoms with Gasteiger partial charge in [0.1, 0.15) is 17.7 Å². The van der Waals surface area contributed by atoms with Crippen molar-refractivity contribution in [2.45, 2.75) is 5.16 Å². The van der Waals surface area contributed by atoms with Gasteiger partial charge in [0.15, 0.2) is 5.16 Å². The highest BCUT2D eigenvalue weighted by Gasteiger charge is 2.07. The summed E-state index contributed by atoms with van der Waals surface area (Å²) in [6.07, 6.45) is 1.87. The van der Waals surface area contributed by atoms with Gasteiger partial charge in [0, 0.05) is 10.5 Å². The molecular formula is C12H11BrN6S. The van der Waals surface area contributed by atoms with Gasteiger partial charge in [-0.1, -0.05) is 27.7 Å². The molecule has 4 N–H and O–H groups in total. The van der Waals surface area contributed by atoms with Crippen LogP contribution in [0.4, 0.5) is 17.3 Å². The van der Waals surface area contributed by atoms with Gasteiger partial charge in [-0.25, -0.2) is 15.8 Å². The Bertz CT molecular complexity index is 647. The summed E-state index contributed by atoms with van der Waals surface area (Å²) in [5.41, 5.74) is 3.68. The largest absolute Gasteiger partial charge is 0.339 e. The fourth-order valence-corrected chi connectivity index (χ4v) is 2.25. The monoisotopic (exact) mass is 350 g/mol. The Kier molecular flexibility index (Phi) is 4.79. The first-order chi connectivity index (χ1) is 9.66. The van der Waals surface area contributed by atoms with Crippen molar-refractivity contribution >= 4 is 45.0 Å². The first kappa shape index (κ1) is 14.6. The summed E-state index contributed by atoms with van der Waals surface area (Å²) in [5.74, 6) is 6.44. The van der Waals surface area contributed by atoms with Gasteiger partial charge in [-0.05, 0) is 24.5 Å². The molecule has 0 radical (unpaired) electrons. The molecule has 2 aromatic rings. The van der Waals surface area contributed by atoms with Gasteiger partial charge in [-0.15, -0.1) is 0 Å². The third-order valence-corrected chi connectivity index (χ3v) is 3.44. The van der Waals surface area contributed by atoms with E-state index in [1.807, 2.05) is 18.4 Å². The van der Waals surface area contributed by atoms with Crippen molar-refractivity contribution in [1.29, 1.82) is 5.26 Å². The number of nitriles is 1. The summed E-state index contributed by atoms with van der Waals surface area (Å²) in [6, 6.07) is 9.15. The number of rotatable bonds is 4. The zero-order valence-corrected chi connectivity index (χ0v) is 12.9. The number of nitrogens with two attached hydrogens (primary N) is 1. The maximum Gasteiger partial charge on any atom is 0.191 e. The zero-order valence-electron chi connectivity index (χ0n) is 10.5. The molecule has 0 bridgehead atoms. The molecule has 1 heterocycles. The molecule has 0 aliphatic carbocycles. The van der Waals surface area contributed by atoms with Crippen molar-refractivity contribution in [3.8, 4) is 6.07 Å². The Morgan fingerprint density at radius 2 is 2.05 bits per heavy atom. The van der Waals surface area contributed by atoms with Crippen LogP contribution in [-0.2, 0) is 0 Å². The molecule has 8 heteroatoms. The van der Waals surface area contributed by atoms with Gasteiger partial charge in [0.2, 0.25) is 0 Å². The Labute approximate surface area is 128 Å². The predicted octanol–water partition coefficient (Wildman–Crippen LogP) is 2.86. The van der Waals surface area contributed by atoms with Crippen molar-refractivity contribution in [2.24, 2.45) is 5.84 Å². The molecule has 2 rings (SSSR count). The second-order valence-electron chi connectivity index (χ2n) is 3.70. The SMILES string of the molecule is CSc1nc(NN)cc(Nc2cc(Br)ccc2C#N)n1. The molecule has 20 heavy (non-hydrogen) atoms. The number of benzene rings is 1. The number of thioether (sulfide) groups is 1. The molecule has 0 atom stereocenters. The smallest absolute Gasteiger partial charge is 0.191 e. The van der Waals surface area contributed by atoms with Crippen LogP contribution >= 0.6 is 27.7 Å². The average molecular weight is 351 g/mol. The summed E-state index contributed by atoms with van der Waals surface area (Å²) in [5, 5.41) is 12.8. The summed E-state index contributed by atoms with van der Waals surface area (Å²) in [4.78, 5) is 8.49. The third kappa shape index (κ3) is 3.39. The van der Waals surface area contributed by atoms with Crippen LogP contribution < -0.4 is 16.6 Å². The maximum absolute atomic E-state index is 9.11. The lowest BCUT2D eigenvalue weighted by Crippen LogP contribution is -2.10. The van der Waals surface area contributed by atoms with E-state index in [2.05, 4.69) is 42.7 Å². The molecule has 1 aromatic heterocycles. The van der Waals surface area contributed by atoms with Crippen LogP contribution in [0.5, 0.6) is 0 Å². The summed E-state index contributed by atoms with van der Waals surface area (Å²) in [6.45, 7) is 0. The molecule has 0 fully saturated rings. The van der Waals surface area contributed by atoms with Gasteiger partial charge < -0.3 is 10.7 Å². The molecule has 6 nitrogen and oxygen atoms in total. The lowest BCUT2D eigenvalue weighted by molar-refractivity contribution is 0.971. The van der Waals surface area contributed by atoms with Gasteiger partial charge >= 0.3 is 0 Å². The molecule has 0 amide bonds. The van der Waals surface area contributed by atoms with Crippen LogP contribution in [-0.4, -0.2) is 16.2 Å². The van der Waals surface area contributed by atoms with E-state index in [1.54, 1.807) is 12.1 Å². The van der Waals surface area contributed by atoms with Crippen LogP contribution in [0.15, 0.2) is 33.9 Å². The Balaban J connectivity index is 2.39. The summed E-state index contributed by atoms with van der Waals surface area (Å²) >= 11 is 4.78. The number of nitrogens with zero attached hydrogens (tertiary/aromatic N) is 3. The number of hydrazine groups is 1. The van der Waals surface area contributed by atoms with Gasteiger partial charge in [0.25, 0.3) is 0 Å². The molecule has 0 saturated heterocycles. The molecule has 1 aromatic carbocycles. The predicted molar refractivity (Wildman–Crippen MR) is 83.8 cm³/mol. The van der Waals surface area contributed by atoms with Crippen LogP contribution in [0.2, 0.25) is 0 Å². The van der Waals surface area contributed by atoms with E-state index >= 15 is 0 Å². The molecule has 0 spiro atoms. The number of hydrogen-bond acceptors (Lipinski definition) is 7. The van der Waals surface area contributed by atoms with E-state index in [0.717, 1.165) is 4.47 Å². The molecule has 0 aliphatic heterocycles. The number of aromatic nitrogens is 2. The van der Waals surface area contributed by atoms with Crippen LogP contribution in [0.25, 0.3) is 0 Å². The van der Waals surface area contributed by atoms with Gasteiger partial charge in [0.05, 0.1) is 11.3 Å². The zero-order chi connectivity index (χ0) is 14.5. The Hall–Kier alpha value is -1.82. The van der Waals surface area contributed by atoms with Crippen molar-refractivity contribution in [3.63, 3.8) is 0 Å². The molecule has 0 aliphatic rings. The average Bonchev–Trinajstić information content (AvgIpc) is 2.47. The first-order valence-electron chi connectivity index (χ1n) is 5.52. The van der Waals surface area contributed by atoms with E-state index in [1.165, 1.54) is 11.8 Å². The minimum atomic E-state index is 0.500. The van der Waals surface area contributed by atoms with E-state index in [4.69, 9.17) is 11.1 Å². The highest BCUT2D eigenvalue weighted by atomic mass is 79.9. The van der Waals surface area contributed by atoms with Gasteiger partial charge in [-0.3, -0.25) is 0 Å². The molecule has 0 unspecified atom stereocenters. The topological polar surface area (TPSA) is 99.6 Å². The minimum Gasteiger partial charge on any atom is -0.339 e. The van der Waals surface area contributed by atoms with Crippen molar-refractivity contribution in [2.75, 3.05) is 17.0 Å². The number of nitrogen functional groups attached to an aromatic ring is 1. The highest BCUT2D eigenvalue weighted by Crippen LogP contribution is 2.25. The summed E-state index contributed by atoms with van der Waals surface area (Å²) in [7, 11) is 0. The lowest BCUT2D eigenvalue weighted by atomic mass is 10.2. The summed E-state index contributed by atoms with van der Waals surface area (Å²) < 4.78 is 0.871.